The van der Waals surface area contributed by atoms with Gasteiger partial charge in [0.1, 0.15) is 11.8 Å². The molecule has 0 aliphatic carbocycles. The molecule has 0 saturated heterocycles. The van der Waals surface area contributed by atoms with Crippen LogP contribution in [-0.2, 0) is 0 Å². The third-order valence-corrected chi connectivity index (χ3v) is 1.94. The molecule has 0 aliphatic rings. The number of hydrogen-bond donors (Lipinski definition) is 0. The zero-order chi connectivity index (χ0) is 11.3. The molecule has 0 heterocycles. The summed E-state index contributed by atoms with van der Waals surface area (Å²) in [6, 6.07) is 6.97. The van der Waals surface area contributed by atoms with Crippen molar-refractivity contribution in [2.45, 2.75) is 0 Å². The summed E-state index contributed by atoms with van der Waals surface area (Å²) in [5, 5.41) is 8.72. The van der Waals surface area contributed by atoms with Crippen LogP contribution >= 0.6 is 11.6 Å². The molecule has 0 unspecified atom stereocenters. The Morgan fingerprint density at radius 3 is 2.87 bits per heavy atom. The molecule has 0 spiro atoms. The Kier molecular flexibility index (Phi) is 3.90. The van der Waals surface area contributed by atoms with E-state index in [2.05, 4.69) is 18.3 Å². The van der Waals surface area contributed by atoms with Gasteiger partial charge in [-0.05, 0) is 24.9 Å². The molecule has 0 saturated carbocycles. The van der Waals surface area contributed by atoms with E-state index in [4.69, 9.17) is 21.6 Å². The van der Waals surface area contributed by atoms with Crippen LogP contribution in [0.2, 0.25) is 0 Å². The minimum Gasteiger partial charge on any atom is -0.479 e. The van der Waals surface area contributed by atoms with E-state index in [1.165, 1.54) is 0 Å². The number of hydrogen-bond acceptors (Lipinski definition) is 3. The van der Waals surface area contributed by atoms with Gasteiger partial charge in [-0.2, -0.15) is 5.26 Å². The Morgan fingerprint density at radius 1 is 1.60 bits per heavy atom. The lowest BCUT2D eigenvalue weighted by molar-refractivity contribution is 0.368. The second kappa shape index (κ2) is 5.18. The molecular formula is C11H9ClN2O. The van der Waals surface area contributed by atoms with Crippen LogP contribution < -0.4 is 4.74 Å². The molecule has 0 radical (unpaired) electrons. The number of ether oxygens (including phenoxy) is 1. The molecule has 0 N–H and O–H groups in total. The number of aliphatic imine (C=N–C) groups is 1. The van der Waals surface area contributed by atoms with Crippen LogP contribution in [0, 0.1) is 11.3 Å². The third-order valence-electron chi connectivity index (χ3n) is 1.73. The van der Waals surface area contributed by atoms with Gasteiger partial charge in [0, 0.05) is 10.6 Å². The zero-order valence-corrected chi connectivity index (χ0v) is 8.79. The van der Waals surface area contributed by atoms with Crippen molar-refractivity contribution < 1.29 is 4.74 Å². The fourth-order valence-corrected chi connectivity index (χ4v) is 1.23. The van der Waals surface area contributed by atoms with E-state index in [1.807, 2.05) is 6.07 Å². The molecule has 3 nitrogen and oxygen atoms in total. The van der Waals surface area contributed by atoms with E-state index in [-0.39, 0.29) is 6.61 Å². The van der Waals surface area contributed by atoms with Crippen LogP contribution in [-0.4, -0.2) is 13.3 Å². The molecule has 76 valence electrons. The maximum Gasteiger partial charge on any atom is 0.174 e. The second-order valence-electron chi connectivity index (χ2n) is 2.69. The first-order valence-corrected chi connectivity index (χ1v) is 4.52. The summed E-state index contributed by atoms with van der Waals surface area (Å²) < 4.78 is 5.12. The molecule has 1 aromatic rings. The quantitative estimate of drug-likeness (QED) is 0.732. The molecule has 15 heavy (non-hydrogen) atoms. The van der Waals surface area contributed by atoms with Crippen molar-refractivity contribution in [1.29, 1.82) is 5.26 Å². The number of nitrogens with zero attached hydrogens (tertiary/aromatic N) is 2. The molecule has 0 bridgehead atoms. The molecule has 0 aliphatic heterocycles. The maximum atomic E-state index is 8.36. The maximum absolute atomic E-state index is 8.36. The van der Waals surface area contributed by atoms with Crippen molar-refractivity contribution in [3.63, 3.8) is 0 Å². The van der Waals surface area contributed by atoms with E-state index in [0.29, 0.717) is 22.0 Å². The lowest BCUT2D eigenvalue weighted by Crippen LogP contribution is -1.93. The van der Waals surface area contributed by atoms with Crippen molar-refractivity contribution in [1.82, 2.24) is 0 Å². The molecule has 1 aromatic carbocycles. The Bertz CT molecular complexity index is 435. The van der Waals surface area contributed by atoms with Gasteiger partial charge in [-0.25, -0.2) is 0 Å². The molecular weight excluding hydrogens is 212 g/mol. The standard InChI is InChI=1S/C11H9ClN2O/c1-8(12)10-7-9(15-6-5-13)3-4-11(10)14-2/h3-4,7H,1-2,6H2. The number of benzene rings is 1. The fourth-order valence-electron chi connectivity index (χ4n) is 1.08. The van der Waals surface area contributed by atoms with Gasteiger partial charge in [0.15, 0.2) is 6.61 Å². The molecule has 0 fully saturated rings. The molecule has 0 atom stereocenters. The average Bonchev–Trinajstić information content (AvgIpc) is 2.25. The predicted octanol–water partition coefficient (Wildman–Crippen LogP) is 3.13. The van der Waals surface area contributed by atoms with Crippen LogP contribution in [0.4, 0.5) is 5.69 Å². The van der Waals surface area contributed by atoms with Crippen molar-refractivity contribution in [3.8, 4) is 11.8 Å². The first-order chi connectivity index (χ1) is 7.19. The molecule has 0 aromatic heterocycles. The Hall–Kier alpha value is -1.79. The largest absolute Gasteiger partial charge is 0.479 e. The summed E-state index contributed by atoms with van der Waals surface area (Å²) in [4.78, 5) is 3.80. The highest BCUT2D eigenvalue weighted by atomic mass is 35.5. The summed E-state index contributed by atoms with van der Waals surface area (Å²) in [5.74, 6) is 0.556. The van der Waals surface area contributed by atoms with Gasteiger partial charge in [0.05, 0.1) is 5.69 Å². The third kappa shape index (κ3) is 2.83. The van der Waals surface area contributed by atoms with Gasteiger partial charge in [0.25, 0.3) is 0 Å². The SMILES string of the molecule is C=Nc1ccc(OCC#N)cc1C(=C)Cl. The molecule has 1 rings (SSSR count). The van der Waals surface area contributed by atoms with E-state index in [9.17, 15) is 0 Å². The summed E-state index contributed by atoms with van der Waals surface area (Å²) in [6.45, 7) is 7.03. The number of halogens is 1. The van der Waals surface area contributed by atoms with Crippen LogP contribution in [0.3, 0.4) is 0 Å². The van der Waals surface area contributed by atoms with Crippen LogP contribution in [0.15, 0.2) is 29.8 Å². The van der Waals surface area contributed by atoms with Crippen LogP contribution in [0.1, 0.15) is 5.56 Å². The smallest absolute Gasteiger partial charge is 0.174 e. The predicted molar refractivity (Wildman–Crippen MR) is 61.6 cm³/mol. The van der Waals surface area contributed by atoms with E-state index < -0.39 is 0 Å². The first-order valence-electron chi connectivity index (χ1n) is 4.14. The average molecular weight is 221 g/mol. The Labute approximate surface area is 93.3 Å². The Morgan fingerprint density at radius 2 is 2.33 bits per heavy atom. The van der Waals surface area contributed by atoms with Crippen LogP contribution in [0.25, 0.3) is 5.03 Å². The van der Waals surface area contributed by atoms with Gasteiger partial charge < -0.3 is 4.74 Å². The highest BCUT2D eigenvalue weighted by molar-refractivity contribution is 6.48. The van der Waals surface area contributed by atoms with E-state index >= 15 is 0 Å². The minimum absolute atomic E-state index is 0.00489. The van der Waals surface area contributed by atoms with Crippen molar-refractivity contribution in [2.24, 2.45) is 4.99 Å². The van der Waals surface area contributed by atoms with Gasteiger partial charge in [-0.1, -0.05) is 18.2 Å². The topological polar surface area (TPSA) is 45.4 Å². The lowest BCUT2D eigenvalue weighted by atomic mass is 10.1. The van der Waals surface area contributed by atoms with Crippen LogP contribution in [0.5, 0.6) is 5.75 Å². The van der Waals surface area contributed by atoms with Crippen molar-refractivity contribution >= 4 is 29.0 Å². The number of rotatable bonds is 4. The second-order valence-corrected chi connectivity index (χ2v) is 3.15. The highest BCUT2D eigenvalue weighted by Gasteiger charge is 2.05. The lowest BCUT2D eigenvalue weighted by Gasteiger charge is -2.06. The number of nitriles is 1. The zero-order valence-electron chi connectivity index (χ0n) is 8.03. The van der Waals surface area contributed by atoms with E-state index in [1.54, 1.807) is 18.2 Å². The normalized spacial score (nSPS) is 9.07. The van der Waals surface area contributed by atoms with Crippen molar-refractivity contribution in [3.05, 3.63) is 30.3 Å². The monoisotopic (exact) mass is 220 g/mol. The van der Waals surface area contributed by atoms with E-state index in [0.717, 1.165) is 0 Å². The molecule has 0 amide bonds. The van der Waals surface area contributed by atoms with Gasteiger partial charge in [-0.15, -0.1) is 0 Å². The van der Waals surface area contributed by atoms with Gasteiger partial charge >= 0.3 is 0 Å². The summed E-state index contributed by atoms with van der Waals surface area (Å²) in [5.41, 5.74) is 1.29. The molecule has 4 heteroatoms. The van der Waals surface area contributed by atoms with Gasteiger partial charge in [0.2, 0.25) is 0 Å². The Balaban J connectivity index is 3.06. The van der Waals surface area contributed by atoms with Gasteiger partial charge in [-0.3, -0.25) is 4.99 Å². The summed E-state index contributed by atoms with van der Waals surface area (Å²) in [7, 11) is 0. The minimum atomic E-state index is -0.00489. The summed E-state index contributed by atoms with van der Waals surface area (Å²) in [6.07, 6.45) is 0. The first kappa shape index (κ1) is 11.3. The fraction of sp³-hybridized carbons (Fsp3) is 0.0909. The summed E-state index contributed by atoms with van der Waals surface area (Å²) >= 11 is 5.79. The van der Waals surface area contributed by atoms with Crippen molar-refractivity contribution in [2.75, 3.05) is 6.61 Å². The highest BCUT2D eigenvalue weighted by Crippen LogP contribution is 2.31.